The molecule has 1 saturated heterocycles. The average molecular weight is 131 g/mol. The maximum Gasteiger partial charge on any atom is 0.0936 e. The number of epoxide rings is 1. The molecule has 9 heavy (non-hydrogen) atoms. The maximum atomic E-state index is 8.49. The molecule has 3 nitrogen and oxygen atoms in total. The van der Waals surface area contributed by atoms with E-state index in [1.807, 2.05) is 7.05 Å². The quantitative estimate of drug-likeness (QED) is 0.513. The van der Waals surface area contributed by atoms with E-state index in [0.717, 1.165) is 19.7 Å². The first-order valence-corrected chi connectivity index (χ1v) is 3.24. The maximum absolute atomic E-state index is 8.49. The third kappa shape index (κ3) is 2.79. The number of aliphatic hydroxyl groups is 1. The van der Waals surface area contributed by atoms with Crippen LogP contribution in [0.15, 0.2) is 0 Å². The highest BCUT2D eigenvalue weighted by Crippen LogP contribution is 2.08. The molecule has 54 valence electrons. The Kier molecular flexibility index (Phi) is 2.45. The zero-order valence-electron chi connectivity index (χ0n) is 5.71. The average Bonchev–Trinajstić information content (AvgIpc) is 2.50. The molecule has 1 aliphatic heterocycles. The largest absolute Gasteiger partial charge is 0.395 e. The molecule has 3 heteroatoms. The SMILES string of the molecule is CN(CCO)CC1CO1. The van der Waals surface area contributed by atoms with Crippen LogP contribution in [0.3, 0.4) is 0 Å². The molecule has 1 unspecified atom stereocenters. The summed E-state index contributed by atoms with van der Waals surface area (Å²) in [6, 6.07) is 0. The van der Waals surface area contributed by atoms with Crippen molar-refractivity contribution in [3.8, 4) is 0 Å². The molecule has 0 amide bonds. The van der Waals surface area contributed by atoms with E-state index in [1.54, 1.807) is 0 Å². The highest BCUT2D eigenvalue weighted by atomic mass is 16.6. The molecule has 0 radical (unpaired) electrons. The highest BCUT2D eigenvalue weighted by Gasteiger charge is 2.23. The molecule has 0 spiro atoms. The fourth-order valence-corrected chi connectivity index (χ4v) is 0.783. The standard InChI is InChI=1S/C6H13NO2/c1-7(2-3-8)4-6-5-9-6/h6,8H,2-5H2,1H3. The van der Waals surface area contributed by atoms with E-state index in [0.29, 0.717) is 6.10 Å². The van der Waals surface area contributed by atoms with Gasteiger partial charge in [-0.15, -0.1) is 0 Å². The van der Waals surface area contributed by atoms with Gasteiger partial charge in [-0.1, -0.05) is 0 Å². The molecule has 0 aliphatic carbocycles. The van der Waals surface area contributed by atoms with E-state index >= 15 is 0 Å². The first kappa shape index (κ1) is 6.99. The monoisotopic (exact) mass is 131 g/mol. The summed E-state index contributed by atoms with van der Waals surface area (Å²) in [4.78, 5) is 2.07. The Balaban J connectivity index is 1.95. The Morgan fingerprint density at radius 3 is 2.89 bits per heavy atom. The summed E-state index contributed by atoms with van der Waals surface area (Å²) in [7, 11) is 1.98. The first-order chi connectivity index (χ1) is 4.33. The zero-order chi connectivity index (χ0) is 6.69. The van der Waals surface area contributed by atoms with E-state index in [-0.39, 0.29) is 6.61 Å². The van der Waals surface area contributed by atoms with Gasteiger partial charge in [-0.3, -0.25) is 0 Å². The van der Waals surface area contributed by atoms with Crippen LogP contribution in [0.4, 0.5) is 0 Å². The molecular formula is C6H13NO2. The lowest BCUT2D eigenvalue weighted by Gasteiger charge is -2.11. The molecule has 0 saturated carbocycles. The Hall–Kier alpha value is -0.120. The van der Waals surface area contributed by atoms with Crippen LogP contribution >= 0.6 is 0 Å². The number of rotatable bonds is 4. The minimum atomic E-state index is 0.239. The summed E-state index contributed by atoms with van der Waals surface area (Å²) in [5.74, 6) is 0. The van der Waals surface area contributed by atoms with Crippen LogP contribution < -0.4 is 0 Å². The predicted octanol–water partition coefficient (Wildman–Crippen LogP) is -0.691. The topological polar surface area (TPSA) is 36.0 Å². The number of ether oxygens (including phenoxy) is 1. The van der Waals surface area contributed by atoms with Crippen molar-refractivity contribution in [3.63, 3.8) is 0 Å². The summed E-state index contributed by atoms with van der Waals surface area (Å²) in [6.45, 7) is 2.85. The normalized spacial score (nSPS) is 25.0. The number of nitrogens with zero attached hydrogens (tertiary/aromatic N) is 1. The van der Waals surface area contributed by atoms with Crippen molar-refractivity contribution in [1.29, 1.82) is 0 Å². The van der Waals surface area contributed by atoms with Crippen molar-refractivity contribution in [2.24, 2.45) is 0 Å². The van der Waals surface area contributed by atoms with Gasteiger partial charge in [-0.25, -0.2) is 0 Å². The van der Waals surface area contributed by atoms with Crippen molar-refractivity contribution in [2.45, 2.75) is 6.10 Å². The lowest BCUT2D eigenvalue weighted by Crippen LogP contribution is -2.26. The summed E-state index contributed by atoms with van der Waals surface area (Å²) >= 11 is 0. The van der Waals surface area contributed by atoms with Gasteiger partial charge in [0.2, 0.25) is 0 Å². The van der Waals surface area contributed by atoms with Crippen LogP contribution in [-0.2, 0) is 4.74 Å². The van der Waals surface area contributed by atoms with Gasteiger partial charge in [0.05, 0.1) is 19.3 Å². The first-order valence-electron chi connectivity index (χ1n) is 3.24. The Bertz CT molecular complexity index is 83.1. The van der Waals surface area contributed by atoms with E-state index in [9.17, 15) is 0 Å². The molecule has 0 aromatic carbocycles. The molecule has 1 atom stereocenters. The number of aliphatic hydroxyl groups excluding tert-OH is 1. The minimum Gasteiger partial charge on any atom is -0.395 e. The fraction of sp³-hybridized carbons (Fsp3) is 1.00. The smallest absolute Gasteiger partial charge is 0.0936 e. The molecule has 1 aliphatic rings. The number of hydrogen-bond donors (Lipinski definition) is 1. The highest BCUT2D eigenvalue weighted by molar-refractivity contribution is 4.72. The molecule has 0 aromatic rings. The second kappa shape index (κ2) is 3.15. The second-order valence-corrected chi connectivity index (χ2v) is 2.44. The van der Waals surface area contributed by atoms with E-state index < -0.39 is 0 Å². The van der Waals surface area contributed by atoms with Crippen LogP contribution in [0.25, 0.3) is 0 Å². The van der Waals surface area contributed by atoms with Crippen LogP contribution in [0.5, 0.6) is 0 Å². The summed E-state index contributed by atoms with van der Waals surface area (Å²) < 4.78 is 5.00. The van der Waals surface area contributed by atoms with Crippen molar-refractivity contribution >= 4 is 0 Å². The van der Waals surface area contributed by atoms with Gasteiger partial charge >= 0.3 is 0 Å². The van der Waals surface area contributed by atoms with E-state index in [2.05, 4.69) is 4.90 Å². The minimum absolute atomic E-state index is 0.239. The van der Waals surface area contributed by atoms with Crippen molar-refractivity contribution in [3.05, 3.63) is 0 Å². The van der Waals surface area contributed by atoms with E-state index in [1.165, 1.54) is 0 Å². The van der Waals surface area contributed by atoms with Gasteiger partial charge in [0.15, 0.2) is 0 Å². The lowest BCUT2D eigenvalue weighted by molar-refractivity contribution is 0.209. The summed E-state index contributed by atoms with van der Waals surface area (Å²) in [5, 5.41) is 8.49. The van der Waals surface area contributed by atoms with Gasteiger partial charge < -0.3 is 14.7 Å². The van der Waals surface area contributed by atoms with Crippen LogP contribution in [0, 0.1) is 0 Å². The Labute approximate surface area is 55.2 Å². The molecule has 1 heterocycles. The van der Waals surface area contributed by atoms with E-state index in [4.69, 9.17) is 9.84 Å². The van der Waals surface area contributed by atoms with Crippen LogP contribution in [0.1, 0.15) is 0 Å². The number of hydrogen-bond acceptors (Lipinski definition) is 3. The third-order valence-electron chi connectivity index (χ3n) is 1.40. The van der Waals surface area contributed by atoms with Crippen molar-refractivity contribution in [2.75, 3.05) is 33.4 Å². The number of likely N-dealkylation sites (N-methyl/N-ethyl adjacent to an activating group) is 1. The molecule has 1 rings (SSSR count). The molecule has 1 fully saturated rings. The molecular weight excluding hydrogens is 118 g/mol. The Morgan fingerprint density at radius 2 is 2.44 bits per heavy atom. The fourth-order valence-electron chi connectivity index (χ4n) is 0.783. The summed E-state index contributed by atoms with van der Waals surface area (Å²) in [6.07, 6.45) is 0.446. The van der Waals surface area contributed by atoms with Gasteiger partial charge in [-0.2, -0.15) is 0 Å². The van der Waals surface area contributed by atoms with Crippen molar-refractivity contribution < 1.29 is 9.84 Å². The van der Waals surface area contributed by atoms with Gasteiger partial charge in [0.25, 0.3) is 0 Å². The molecule has 1 N–H and O–H groups in total. The molecule has 0 aromatic heterocycles. The predicted molar refractivity (Wildman–Crippen MR) is 34.3 cm³/mol. The Morgan fingerprint density at radius 1 is 1.78 bits per heavy atom. The second-order valence-electron chi connectivity index (χ2n) is 2.44. The zero-order valence-corrected chi connectivity index (χ0v) is 5.71. The van der Waals surface area contributed by atoms with Crippen molar-refractivity contribution in [1.82, 2.24) is 4.90 Å². The van der Waals surface area contributed by atoms with Gasteiger partial charge in [0.1, 0.15) is 0 Å². The third-order valence-corrected chi connectivity index (χ3v) is 1.40. The van der Waals surface area contributed by atoms with Crippen LogP contribution in [0.2, 0.25) is 0 Å². The van der Waals surface area contributed by atoms with Gasteiger partial charge in [0, 0.05) is 13.1 Å². The van der Waals surface area contributed by atoms with Gasteiger partial charge in [-0.05, 0) is 7.05 Å². The summed E-state index contributed by atoms with van der Waals surface area (Å²) in [5.41, 5.74) is 0. The van der Waals surface area contributed by atoms with Crippen LogP contribution in [-0.4, -0.2) is 49.5 Å². The lowest BCUT2D eigenvalue weighted by atomic mass is 10.4. The molecule has 0 bridgehead atoms.